The highest BCUT2D eigenvalue weighted by Gasteiger charge is 2.04. The van der Waals surface area contributed by atoms with E-state index < -0.39 is 0 Å². The first-order chi connectivity index (χ1) is 10.7. The van der Waals surface area contributed by atoms with Gasteiger partial charge in [0.05, 0.1) is 48.6 Å². The number of nitrogens with zero attached hydrogens (tertiary/aromatic N) is 3. The minimum atomic E-state index is 0.502. The van der Waals surface area contributed by atoms with Gasteiger partial charge in [0.2, 0.25) is 0 Å². The summed E-state index contributed by atoms with van der Waals surface area (Å²) in [4.78, 5) is 12.0. The van der Waals surface area contributed by atoms with Crippen molar-refractivity contribution in [1.29, 1.82) is 0 Å². The Morgan fingerprint density at radius 2 is 0.909 bits per heavy atom. The van der Waals surface area contributed by atoms with E-state index in [-0.39, 0.29) is 0 Å². The molecule has 7 heteroatoms. The molecule has 3 aromatic rings. The number of pyridine rings is 3. The number of hydrogen-bond donors (Lipinski definition) is 2. The molecule has 0 aliphatic rings. The lowest BCUT2D eigenvalue weighted by Gasteiger charge is -2.08. The van der Waals surface area contributed by atoms with Crippen LogP contribution in [0.25, 0.3) is 0 Å². The van der Waals surface area contributed by atoms with E-state index in [1.807, 2.05) is 0 Å². The number of aromatic nitrogens is 3. The molecule has 0 aliphatic carbocycles. The van der Waals surface area contributed by atoms with Crippen LogP contribution in [0.2, 0.25) is 0 Å². The van der Waals surface area contributed by atoms with Crippen molar-refractivity contribution < 1.29 is 9.47 Å². The van der Waals surface area contributed by atoms with E-state index in [0.29, 0.717) is 34.4 Å². The first-order valence-electron chi connectivity index (χ1n) is 6.41. The Morgan fingerprint density at radius 1 is 0.545 bits per heavy atom. The third-order valence-corrected chi connectivity index (χ3v) is 2.63. The number of rotatable bonds is 4. The molecular weight excluding hydrogens is 282 g/mol. The highest BCUT2D eigenvalue weighted by atomic mass is 16.5. The summed E-state index contributed by atoms with van der Waals surface area (Å²) < 4.78 is 11.3. The zero-order chi connectivity index (χ0) is 15.4. The Kier molecular flexibility index (Phi) is 3.69. The van der Waals surface area contributed by atoms with Gasteiger partial charge < -0.3 is 20.9 Å². The quantitative estimate of drug-likeness (QED) is 0.761. The van der Waals surface area contributed by atoms with Gasteiger partial charge in [-0.15, -0.1) is 0 Å². The number of anilines is 2. The van der Waals surface area contributed by atoms with Crippen LogP contribution in [-0.4, -0.2) is 15.0 Å². The predicted molar refractivity (Wildman–Crippen MR) is 81.7 cm³/mol. The van der Waals surface area contributed by atoms with Crippen molar-refractivity contribution in [3.8, 4) is 23.0 Å². The molecular formula is C15H13N5O2. The van der Waals surface area contributed by atoms with Gasteiger partial charge in [0.1, 0.15) is 23.0 Å². The molecule has 0 unspecified atom stereocenters. The maximum atomic E-state index is 5.66. The van der Waals surface area contributed by atoms with Gasteiger partial charge in [-0.25, -0.2) is 0 Å². The molecule has 0 radical (unpaired) electrons. The standard InChI is InChI=1S/C15H13N5O2/c16-10-1-12(6-18-4-10)21-14-3-15(9-20-8-14)22-13-2-11(17)5-19-7-13/h1-9H,16-17H2. The van der Waals surface area contributed by atoms with Crippen LogP contribution in [0.5, 0.6) is 23.0 Å². The van der Waals surface area contributed by atoms with Gasteiger partial charge in [0.25, 0.3) is 0 Å². The normalized spacial score (nSPS) is 10.2. The average Bonchev–Trinajstić information content (AvgIpc) is 2.47. The van der Waals surface area contributed by atoms with Crippen LogP contribution < -0.4 is 20.9 Å². The third kappa shape index (κ3) is 3.40. The van der Waals surface area contributed by atoms with Gasteiger partial charge in [-0.3, -0.25) is 15.0 Å². The zero-order valence-corrected chi connectivity index (χ0v) is 11.5. The molecule has 22 heavy (non-hydrogen) atoms. The van der Waals surface area contributed by atoms with E-state index in [2.05, 4.69) is 15.0 Å². The van der Waals surface area contributed by atoms with Gasteiger partial charge in [-0.05, 0) is 0 Å². The molecule has 0 aliphatic heterocycles. The van der Waals surface area contributed by atoms with Crippen molar-refractivity contribution in [1.82, 2.24) is 15.0 Å². The largest absolute Gasteiger partial charge is 0.454 e. The number of hydrogen-bond acceptors (Lipinski definition) is 7. The summed E-state index contributed by atoms with van der Waals surface area (Å²) in [5.41, 5.74) is 12.3. The van der Waals surface area contributed by atoms with Crippen molar-refractivity contribution in [2.24, 2.45) is 0 Å². The maximum absolute atomic E-state index is 5.66. The second kappa shape index (κ2) is 5.96. The fourth-order valence-corrected chi connectivity index (χ4v) is 1.77. The lowest BCUT2D eigenvalue weighted by atomic mass is 10.4. The van der Waals surface area contributed by atoms with E-state index in [0.717, 1.165) is 0 Å². The number of ether oxygens (including phenoxy) is 2. The summed E-state index contributed by atoms with van der Waals surface area (Å²) in [5.74, 6) is 2.04. The number of nitrogens with two attached hydrogens (primary N) is 2. The second-order valence-corrected chi connectivity index (χ2v) is 4.47. The summed E-state index contributed by atoms with van der Waals surface area (Å²) >= 11 is 0. The van der Waals surface area contributed by atoms with Gasteiger partial charge >= 0.3 is 0 Å². The summed E-state index contributed by atoms with van der Waals surface area (Å²) in [5, 5.41) is 0. The van der Waals surface area contributed by atoms with Gasteiger partial charge in [0.15, 0.2) is 0 Å². The Labute approximate surface area is 126 Å². The Morgan fingerprint density at radius 3 is 1.32 bits per heavy atom. The Balaban J connectivity index is 1.78. The van der Waals surface area contributed by atoms with Crippen LogP contribution in [0, 0.1) is 0 Å². The van der Waals surface area contributed by atoms with E-state index in [1.165, 1.54) is 12.4 Å². The first-order valence-corrected chi connectivity index (χ1v) is 6.41. The Bertz CT molecular complexity index is 731. The molecule has 0 saturated heterocycles. The van der Waals surface area contributed by atoms with Gasteiger partial charge in [0, 0.05) is 18.2 Å². The second-order valence-electron chi connectivity index (χ2n) is 4.47. The molecule has 3 rings (SSSR count). The lowest BCUT2D eigenvalue weighted by Crippen LogP contribution is -1.92. The maximum Gasteiger partial charge on any atom is 0.149 e. The molecule has 0 amide bonds. The molecule has 3 aromatic heterocycles. The summed E-state index contributed by atoms with van der Waals surface area (Å²) in [6, 6.07) is 5.03. The van der Waals surface area contributed by atoms with Crippen molar-refractivity contribution in [3.63, 3.8) is 0 Å². The van der Waals surface area contributed by atoms with E-state index in [9.17, 15) is 0 Å². The predicted octanol–water partition coefficient (Wildman–Crippen LogP) is 2.62. The first kappa shape index (κ1) is 13.6. The SMILES string of the molecule is Nc1cncc(Oc2cncc(Oc3cncc(N)c3)c2)c1. The van der Waals surface area contributed by atoms with Crippen LogP contribution in [0.4, 0.5) is 11.4 Å². The minimum absolute atomic E-state index is 0.502. The van der Waals surface area contributed by atoms with Crippen LogP contribution in [0.3, 0.4) is 0 Å². The molecule has 110 valence electrons. The number of nitrogen functional groups attached to an aromatic ring is 2. The molecule has 7 nitrogen and oxygen atoms in total. The molecule has 4 N–H and O–H groups in total. The van der Waals surface area contributed by atoms with E-state index in [1.54, 1.807) is 43.0 Å². The Hall–Kier alpha value is -3.35. The molecule has 0 fully saturated rings. The molecule has 0 aromatic carbocycles. The molecule has 3 heterocycles. The van der Waals surface area contributed by atoms with E-state index >= 15 is 0 Å². The van der Waals surface area contributed by atoms with Crippen LogP contribution in [0.1, 0.15) is 0 Å². The van der Waals surface area contributed by atoms with Crippen LogP contribution in [0.15, 0.2) is 55.4 Å². The van der Waals surface area contributed by atoms with Crippen molar-refractivity contribution >= 4 is 11.4 Å². The summed E-state index contributed by atoms with van der Waals surface area (Å²) in [7, 11) is 0. The molecule has 0 spiro atoms. The smallest absolute Gasteiger partial charge is 0.149 e. The highest BCUT2D eigenvalue weighted by molar-refractivity contribution is 5.44. The van der Waals surface area contributed by atoms with Crippen LogP contribution in [-0.2, 0) is 0 Å². The fraction of sp³-hybridized carbons (Fsp3) is 0. The minimum Gasteiger partial charge on any atom is -0.454 e. The van der Waals surface area contributed by atoms with E-state index in [4.69, 9.17) is 20.9 Å². The average molecular weight is 295 g/mol. The highest BCUT2D eigenvalue weighted by Crippen LogP contribution is 2.27. The molecule has 0 saturated carbocycles. The summed E-state index contributed by atoms with van der Waals surface area (Å²) in [6.07, 6.45) is 9.33. The monoisotopic (exact) mass is 295 g/mol. The topological polar surface area (TPSA) is 109 Å². The summed E-state index contributed by atoms with van der Waals surface area (Å²) in [6.45, 7) is 0. The molecule has 0 bridgehead atoms. The third-order valence-electron chi connectivity index (χ3n) is 2.63. The zero-order valence-electron chi connectivity index (χ0n) is 11.5. The van der Waals surface area contributed by atoms with Crippen LogP contribution >= 0.6 is 0 Å². The van der Waals surface area contributed by atoms with Crippen molar-refractivity contribution in [2.75, 3.05) is 11.5 Å². The fourth-order valence-electron chi connectivity index (χ4n) is 1.77. The van der Waals surface area contributed by atoms with Crippen molar-refractivity contribution in [3.05, 3.63) is 55.4 Å². The van der Waals surface area contributed by atoms with Gasteiger partial charge in [-0.1, -0.05) is 0 Å². The lowest BCUT2D eigenvalue weighted by molar-refractivity contribution is 0.454. The van der Waals surface area contributed by atoms with Crippen molar-refractivity contribution in [2.45, 2.75) is 0 Å². The molecule has 0 atom stereocenters. The van der Waals surface area contributed by atoms with Gasteiger partial charge in [-0.2, -0.15) is 0 Å².